The second-order valence-electron chi connectivity index (χ2n) is 18.6. The zero-order valence-corrected chi connectivity index (χ0v) is 41.1. The third-order valence-electron chi connectivity index (χ3n) is 12.2. The number of sulfone groups is 1. The van der Waals surface area contributed by atoms with Gasteiger partial charge in [0, 0.05) is 40.3 Å². The summed E-state index contributed by atoms with van der Waals surface area (Å²) < 4.78 is 199. The number of amides is 1. The lowest BCUT2D eigenvalue weighted by Gasteiger charge is -2.23. The first-order valence-corrected chi connectivity index (χ1v) is 24.9. The number of aliphatic hydroxyl groups excluding tert-OH is 1. The minimum atomic E-state index is -5.21. The van der Waals surface area contributed by atoms with Crippen LogP contribution in [0.25, 0.3) is 22.0 Å². The summed E-state index contributed by atoms with van der Waals surface area (Å²) in [6, 6.07) is 5.16. The maximum Gasteiger partial charge on any atom is 0.435 e. The van der Waals surface area contributed by atoms with Crippen molar-refractivity contribution in [2.24, 2.45) is 11.3 Å². The van der Waals surface area contributed by atoms with E-state index in [1.165, 1.54) is 52.0 Å². The molecule has 2 aromatic carbocycles. The van der Waals surface area contributed by atoms with E-state index in [-0.39, 0.29) is 43.9 Å². The van der Waals surface area contributed by atoms with Gasteiger partial charge in [-0.25, -0.2) is 26.4 Å². The number of alkyl halides is 8. The molecular weight excluding hydrogens is 1060 g/mol. The predicted molar refractivity (Wildman–Crippen MR) is 241 cm³/mol. The number of rotatable bonds is 16. The molecule has 1 fully saturated rings. The van der Waals surface area contributed by atoms with E-state index in [1.807, 2.05) is 0 Å². The van der Waals surface area contributed by atoms with Crippen LogP contribution in [0.3, 0.4) is 0 Å². The molecule has 28 heteroatoms. The number of aromatic nitrogens is 5. The van der Waals surface area contributed by atoms with Crippen molar-refractivity contribution in [1.29, 1.82) is 0 Å². The fourth-order valence-corrected chi connectivity index (χ4v) is 9.04. The molecule has 4 atom stereocenters. The molecule has 0 spiro atoms. The predicted octanol–water partition coefficient (Wildman–Crippen LogP) is 7.75. The number of benzene rings is 2. The summed E-state index contributed by atoms with van der Waals surface area (Å²) in [5.74, 6) is -5.95. The topological polar surface area (TPSA) is 199 Å². The standard InChI is InChI=1S/C45H42ClF10N7O8S2/c1-41(2,20-64)40(66)71-21-61(72(67)68)17-32-35-30(46)9-8-27(37(35)63(59-32)19-43(49,50)51)26-7-6-25(10-11-42(3,4)73(5,69)70)57-36(26)31(14-22-12-23(47)15-24(48)13-22)58-33(65)18-62-39-34(38(60-62)45(54,55)56)28-16-29(28)44(39,52)53/h6-9,12-13,15,28-29,31,64H,14,16-21H2,1-5H3,(H,58,65)(H,67,68)/t28-,29+,31?/m0/s1. The second kappa shape index (κ2) is 19.6. The van der Waals surface area contributed by atoms with Gasteiger partial charge in [-0.2, -0.15) is 49.6 Å². The van der Waals surface area contributed by atoms with E-state index >= 15 is 8.78 Å². The summed E-state index contributed by atoms with van der Waals surface area (Å²) in [7, 11) is -3.89. The van der Waals surface area contributed by atoms with Crippen LogP contribution in [0.5, 0.6) is 0 Å². The lowest BCUT2D eigenvalue weighted by Crippen LogP contribution is -2.35. The van der Waals surface area contributed by atoms with Crippen LogP contribution in [0, 0.1) is 34.8 Å². The van der Waals surface area contributed by atoms with Crippen molar-refractivity contribution in [3.8, 4) is 23.0 Å². The third kappa shape index (κ3) is 11.5. The number of carbonyl (C=O) groups excluding carboxylic acids is 2. The van der Waals surface area contributed by atoms with Gasteiger partial charge in [-0.1, -0.05) is 23.6 Å². The summed E-state index contributed by atoms with van der Waals surface area (Å²) in [6.45, 7) is -0.504. The number of nitrogens with zero attached hydrogens (tertiary/aromatic N) is 6. The fraction of sp³-hybridized carbons (Fsp3) is 0.444. The highest BCUT2D eigenvalue weighted by molar-refractivity contribution is 7.92. The minimum absolute atomic E-state index is 0.208. The van der Waals surface area contributed by atoms with Crippen LogP contribution in [-0.2, 0) is 73.6 Å². The molecule has 0 radical (unpaired) electrons. The van der Waals surface area contributed by atoms with Crippen LogP contribution in [0.15, 0.2) is 42.5 Å². The monoisotopic (exact) mass is 1100 g/mol. The van der Waals surface area contributed by atoms with Gasteiger partial charge in [-0.3, -0.25) is 23.5 Å². The fourth-order valence-electron chi connectivity index (χ4n) is 8.17. The smallest absolute Gasteiger partial charge is 0.435 e. The Morgan fingerprint density at radius 3 is 2.25 bits per heavy atom. The quantitative estimate of drug-likeness (QED) is 0.0287. The molecule has 0 saturated heterocycles. The van der Waals surface area contributed by atoms with E-state index in [2.05, 4.69) is 32.3 Å². The van der Waals surface area contributed by atoms with Gasteiger partial charge in [-0.05, 0) is 88.3 Å². The number of nitrogens with one attached hydrogen (secondary N) is 1. The Morgan fingerprint density at radius 1 is 1.01 bits per heavy atom. The number of hydrogen-bond donors (Lipinski definition) is 3. The number of ether oxygens (including phenoxy) is 1. The third-order valence-corrected chi connectivity index (χ3v) is 15.2. The normalized spacial score (nSPS) is 17.5. The molecule has 3 aromatic heterocycles. The molecule has 2 aliphatic rings. The zero-order valence-electron chi connectivity index (χ0n) is 38.7. The van der Waals surface area contributed by atoms with E-state index in [0.717, 1.165) is 18.4 Å². The number of pyridine rings is 1. The second-order valence-corrected chi connectivity index (χ2v) is 22.6. The van der Waals surface area contributed by atoms with E-state index in [1.54, 1.807) is 0 Å². The van der Waals surface area contributed by atoms with Gasteiger partial charge >= 0.3 is 18.3 Å². The first-order chi connectivity index (χ1) is 33.6. The Hall–Kier alpha value is -5.66. The minimum Gasteiger partial charge on any atom is -0.448 e. The summed E-state index contributed by atoms with van der Waals surface area (Å²) in [5.41, 5.74) is -7.22. The van der Waals surface area contributed by atoms with Gasteiger partial charge < -0.3 is 15.2 Å². The molecule has 1 saturated carbocycles. The molecular formula is C45H42ClF10N7O8S2. The SMILES string of the molecule is CC(C)(CO)C(=O)OCN(Cc1nn(CC(F)(F)F)c2c(-c3ccc(C#CC(C)(C)S(C)(=O)=O)nc3C(Cc3cc(F)cc(F)c3)NC(=O)Cn3nc(C(F)(F)F)c4c3C(F)(F)[C@@H]3C[C@H]43)ccc(Cl)c12)S(=O)O. The molecule has 7 rings (SSSR count). The summed E-state index contributed by atoms with van der Waals surface area (Å²) in [5, 5.41) is 18.9. The maximum absolute atomic E-state index is 15.6. The van der Waals surface area contributed by atoms with Crippen molar-refractivity contribution in [1.82, 2.24) is 34.2 Å². The van der Waals surface area contributed by atoms with Crippen molar-refractivity contribution >= 4 is 55.5 Å². The molecule has 73 heavy (non-hydrogen) atoms. The number of esters is 1. The summed E-state index contributed by atoms with van der Waals surface area (Å²) >= 11 is 3.65. The highest BCUT2D eigenvalue weighted by Crippen LogP contribution is 2.68. The molecule has 1 amide bonds. The average molecular weight is 1100 g/mol. The van der Waals surface area contributed by atoms with Gasteiger partial charge in [0.05, 0.1) is 46.5 Å². The summed E-state index contributed by atoms with van der Waals surface area (Å²) in [6.07, 6.45) is -10.3. The Kier molecular flexibility index (Phi) is 14.8. The average Bonchev–Trinajstić information content (AvgIpc) is 3.78. The van der Waals surface area contributed by atoms with Gasteiger partial charge in [0.15, 0.2) is 22.3 Å². The van der Waals surface area contributed by atoms with Crippen LogP contribution in [-0.4, -0.2) is 93.5 Å². The highest BCUT2D eigenvalue weighted by atomic mass is 35.5. The Balaban J connectivity index is 1.43. The van der Waals surface area contributed by atoms with E-state index in [0.29, 0.717) is 15.1 Å². The first-order valence-electron chi connectivity index (χ1n) is 21.6. The molecule has 3 heterocycles. The Morgan fingerprint density at radius 2 is 1.66 bits per heavy atom. The number of fused-ring (bicyclic) bond motifs is 4. The summed E-state index contributed by atoms with van der Waals surface area (Å²) in [4.78, 5) is 31.4. The number of aliphatic hydroxyl groups is 1. The lowest BCUT2D eigenvalue weighted by molar-refractivity contribution is -0.159. The molecule has 394 valence electrons. The van der Waals surface area contributed by atoms with Crippen molar-refractivity contribution in [2.45, 2.75) is 95.2 Å². The van der Waals surface area contributed by atoms with Crippen molar-refractivity contribution in [3.05, 3.63) is 98.7 Å². The number of hydrogen-bond acceptors (Lipinski definition) is 10. The molecule has 0 bridgehead atoms. The van der Waals surface area contributed by atoms with Crippen molar-refractivity contribution in [2.75, 3.05) is 19.6 Å². The van der Waals surface area contributed by atoms with E-state index < -0.39 is 164 Å². The number of carbonyl (C=O) groups is 2. The van der Waals surface area contributed by atoms with Gasteiger partial charge in [0.25, 0.3) is 5.92 Å². The van der Waals surface area contributed by atoms with Crippen LogP contribution in [0.1, 0.15) is 85.7 Å². The van der Waals surface area contributed by atoms with Crippen LogP contribution < -0.4 is 5.32 Å². The van der Waals surface area contributed by atoms with Gasteiger partial charge in [-0.15, -0.1) is 0 Å². The molecule has 15 nitrogen and oxygen atoms in total. The van der Waals surface area contributed by atoms with Crippen molar-refractivity contribution < 1.29 is 80.5 Å². The largest absolute Gasteiger partial charge is 0.448 e. The van der Waals surface area contributed by atoms with Gasteiger partial charge in [0.1, 0.15) is 40.9 Å². The molecule has 5 aromatic rings. The molecule has 3 N–H and O–H groups in total. The highest BCUT2D eigenvalue weighted by Gasteiger charge is 2.68. The Bertz CT molecular complexity index is 3220. The lowest BCUT2D eigenvalue weighted by atomic mass is 9.93. The van der Waals surface area contributed by atoms with Crippen LogP contribution in [0.2, 0.25) is 5.02 Å². The van der Waals surface area contributed by atoms with E-state index in [4.69, 9.17) is 16.3 Å². The molecule has 2 unspecified atom stereocenters. The molecule has 0 aliphatic heterocycles. The Labute approximate surface area is 416 Å². The number of halogens is 11. The van der Waals surface area contributed by atoms with Crippen LogP contribution >= 0.6 is 11.6 Å². The molecule has 2 aliphatic carbocycles. The zero-order chi connectivity index (χ0) is 54.1. The maximum atomic E-state index is 15.6. The van der Waals surface area contributed by atoms with E-state index in [9.17, 15) is 67.0 Å². The van der Waals surface area contributed by atoms with Crippen LogP contribution in [0.4, 0.5) is 43.9 Å². The van der Waals surface area contributed by atoms with Gasteiger partial charge in [0.2, 0.25) is 17.2 Å². The van der Waals surface area contributed by atoms with Crippen molar-refractivity contribution in [3.63, 3.8) is 0 Å². The first kappa shape index (κ1) is 55.1.